The molecule has 7 heteroatoms. The lowest BCUT2D eigenvalue weighted by atomic mass is 10.2. The quantitative estimate of drug-likeness (QED) is 0.728. The summed E-state index contributed by atoms with van der Waals surface area (Å²) in [5, 5.41) is 4.97. The minimum atomic E-state index is -3.46. The number of thiophene rings is 1. The fourth-order valence-corrected chi connectivity index (χ4v) is 4.07. The van der Waals surface area contributed by atoms with Gasteiger partial charge in [0.05, 0.1) is 4.90 Å². The van der Waals surface area contributed by atoms with Gasteiger partial charge < -0.3 is 10.3 Å². The Bertz CT molecular complexity index is 632. The number of hydrogen-bond donors (Lipinski definition) is 3. The number of rotatable bonds is 7. The zero-order valence-corrected chi connectivity index (χ0v) is 13.1. The average Bonchev–Trinajstić information content (AvgIpc) is 3.00. The summed E-state index contributed by atoms with van der Waals surface area (Å²) >= 11 is 1.63. The van der Waals surface area contributed by atoms with Gasteiger partial charge in [-0.1, -0.05) is 6.07 Å². The van der Waals surface area contributed by atoms with Crippen LogP contribution in [0.1, 0.15) is 17.5 Å². The molecule has 0 amide bonds. The largest absolute Gasteiger partial charge is 0.363 e. The zero-order valence-electron chi connectivity index (χ0n) is 11.5. The fraction of sp³-hybridized carbons (Fsp3) is 0.385. The minimum Gasteiger partial charge on any atom is -0.363 e. The molecule has 0 fully saturated rings. The summed E-state index contributed by atoms with van der Waals surface area (Å²) in [5.74, 6) is 0. The lowest BCUT2D eigenvalue weighted by Gasteiger charge is -2.12. The molecule has 5 nitrogen and oxygen atoms in total. The Morgan fingerprint density at radius 2 is 2.25 bits per heavy atom. The standard InChI is InChI=1S/C13H19N3O2S2/c1-10(6-12-4-3-5-19-12)16-20(17,18)13-7-11(8-14-2)15-9-13/h3-5,7,9-10,14-16H,6,8H2,1-2H3. The number of aromatic nitrogens is 1. The molecule has 1 atom stereocenters. The Labute approximate surface area is 123 Å². The maximum atomic E-state index is 12.2. The molecule has 0 saturated carbocycles. The molecule has 0 aliphatic rings. The number of sulfonamides is 1. The van der Waals surface area contributed by atoms with Crippen LogP contribution >= 0.6 is 11.3 Å². The highest BCUT2D eigenvalue weighted by molar-refractivity contribution is 7.89. The molecule has 2 rings (SSSR count). The normalized spacial score (nSPS) is 13.5. The summed E-state index contributed by atoms with van der Waals surface area (Å²) < 4.78 is 27.2. The molecule has 1 unspecified atom stereocenters. The van der Waals surface area contributed by atoms with E-state index >= 15 is 0 Å². The van der Waals surface area contributed by atoms with E-state index in [9.17, 15) is 8.42 Å². The van der Waals surface area contributed by atoms with Gasteiger partial charge in [0, 0.05) is 29.4 Å². The van der Waals surface area contributed by atoms with E-state index < -0.39 is 10.0 Å². The Balaban J connectivity index is 2.02. The molecule has 20 heavy (non-hydrogen) atoms. The van der Waals surface area contributed by atoms with Crippen LogP contribution in [-0.4, -0.2) is 26.5 Å². The van der Waals surface area contributed by atoms with E-state index in [1.807, 2.05) is 31.5 Å². The SMILES string of the molecule is CNCc1cc(S(=O)(=O)NC(C)Cc2cccs2)c[nH]1. The topological polar surface area (TPSA) is 74.0 Å². The van der Waals surface area contributed by atoms with Gasteiger partial charge >= 0.3 is 0 Å². The highest BCUT2D eigenvalue weighted by atomic mass is 32.2. The second-order valence-electron chi connectivity index (χ2n) is 4.70. The van der Waals surface area contributed by atoms with Crippen LogP contribution in [0.5, 0.6) is 0 Å². The Hall–Kier alpha value is -1.15. The van der Waals surface area contributed by atoms with Gasteiger partial charge in [0.1, 0.15) is 0 Å². The van der Waals surface area contributed by atoms with Crippen LogP contribution < -0.4 is 10.0 Å². The Kier molecular flexibility index (Phi) is 4.98. The minimum absolute atomic E-state index is 0.138. The summed E-state index contributed by atoms with van der Waals surface area (Å²) in [6, 6.07) is 5.49. The van der Waals surface area contributed by atoms with Crippen LogP contribution in [0.4, 0.5) is 0 Å². The van der Waals surface area contributed by atoms with E-state index in [0.29, 0.717) is 13.0 Å². The van der Waals surface area contributed by atoms with E-state index in [2.05, 4.69) is 15.0 Å². The molecule has 0 aromatic carbocycles. The molecular formula is C13H19N3O2S2. The molecule has 2 heterocycles. The molecule has 0 radical (unpaired) electrons. The van der Waals surface area contributed by atoms with Crippen molar-refractivity contribution in [1.29, 1.82) is 0 Å². The molecule has 0 bridgehead atoms. The first kappa shape index (κ1) is 15.2. The summed E-state index contributed by atoms with van der Waals surface area (Å²) in [4.78, 5) is 4.40. The van der Waals surface area contributed by atoms with Gasteiger partial charge in [-0.3, -0.25) is 0 Å². The summed E-state index contributed by atoms with van der Waals surface area (Å²) in [5.41, 5.74) is 0.846. The maximum absolute atomic E-state index is 12.2. The maximum Gasteiger partial charge on any atom is 0.242 e. The zero-order chi connectivity index (χ0) is 14.6. The summed E-state index contributed by atoms with van der Waals surface area (Å²) in [7, 11) is -1.65. The molecule has 0 aliphatic carbocycles. The van der Waals surface area contributed by atoms with Gasteiger partial charge in [0.25, 0.3) is 0 Å². The van der Waals surface area contributed by atoms with Gasteiger partial charge in [-0.25, -0.2) is 13.1 Å². The first-order chi connectivity index (χ1) is 9.51. The first-order valence-corrected chi connectivity index (χ1v) is 8.74. The second kappa shape index (κ2) is 6.53. The molecule has 0 spiro atoms. The number of nitrogens with one attached hydrogen (secondary N) is 3. The third-order valence-electron chi connectivity index (χ3n) is 2.84. The predicted octanol–water partition coefficient (Wildman–Crippen LogP) is 1.71. The number of hydrogen-bond acceptors (Lipinski definition) is 4. The van der Waals surface area contributed by atoms with Crippen molar-refractivity contribution in [3.8, 4) is 0 Å². The summed E-state index contributed by atoms with van der Waals surface area (Å²) in [6.45, 7) is 2.48. The third-order valence-corrected chi connectivity index (χ3v) is 5.31. The molecular weight excluding hydrogens is 294 g/mol. The Morgan fingerprint density at radius 1 is 1.45 bits per heavy atom. The van der Waals surface area contributed by atoms with E-state index in [4.69, 9.17) is 0 Å². The highest BCUT2D eigenvalue weighted by Crippen LogP contribution is 2.14. The fourth-order valence-electron chi connectivity index (χ4n) is 1.97. The summed E-state index contributed by atoms with van der Waals surface area (Å²) in [6.07, 6.45) is 2.22. The van der Waals surface area contributed by atoms with Crippen LogP contribution in [0, 0.1) is 0 Å². The second-order valence-corrected chi connectivity index (χ2v) is 7.44. The van der Waals surface area contributed by atoms with Crippen molar-refractivity contribution >= 4 is 21.4 Å². The van der Waals surface area contributed by atoms with Gasteiger partial charge in [0.15, 0.2) is 0 Å². The van der Waals surface area contributed by atoms with E-state index in [1.165, 1.54) is 11.1 Å². The monoisotopic (exact) mass is 313 g/mol. The lowest BCUT2D eigenvalue weighted by Crippen LogP contribution is -2.33. The molecule has 0 aliphatic heterocycles. The van der Waals surface area contributed by atoms with Crippen molar-refractivity contribution in [2.45, 2.75) is 30.8 Å². The van der Waals surface area contributed by atoms with Crippen LogP contribution in [0.15, 0.2) is 34.7 Å². The van der Waals surface area contributed by atoms with Crippen LogP contribution in [0.25, 0.3) is 0 Å². The van der Waals surface area contributed by atoms with Gasteiger partial charge in [-0.2, -0.15) is 0 Å². The third kappa shape index (κ3) is 3.92. The van der Waals surface area contributed by atoms with Crippen LogP contribution in [0.3, 0.4) is 0 Å². The first-order valence-electron chi connectivity index (χ1n) is 6.38. The van der Waals surface area contributed by atoms with Crippen molar-refractivity contribution in [3.63, 3.8) is 0 Å². The van der Waals surface area contributed by atoms with Gasteiger partial charge in [-0.05, 0) is 37.9 Å². The van der Waals surface area contributed by atoms with Crippen molar-refractivity contribution in [2.75, 3.05) is 7.05 Å². The van der Waals surface area contributed by atoms with Crippen molar-refractivity contribution in [3.05, 3.63) is 40.3 Å². The van der Waals surface area contributed by atoms with Crippen molar-refractivity contribution in [2.24, 2.45) is 0 Å². The molecule has 110 valence electrons. The molecule has 3 N–H and O–H groups in total. The van der Waals surface area contributed by atoms with E-state index in [-0.39, 0.29) is 10.9 Å². The average molecular weight is 313 g/mol. The number of aromatic amines is 1. The predicted molar refractivity (Wildman–Crippen MR) is 81.4 cm³/mol. The Morgan fingerprint density at radius 3 is 2.90 bits per heavy atom. The smallest absolute Gasteiger partial charge is 0.242 e. The number of H-pyrrole nitrogens is 1. The highest BCUT2D eigenvalue weighted by Gasteiger charge is 2.19. The molecule has 2 aromatic heterocycles. The van der Waals surface area contributed by atoms with E-state index in [1.54, 1.807) is 17.4 Å². The van der Waals surface area contributed by atoms with Crippen molar-refractivity contribution < 1.29 is 8.42 Å². The van der Waals surface area contributed by atoms with Crippen LogP contribution in [0.2, 0.25) is 0 Å². The van der Waals surface area contributed by atoms with E-state index in [0.717, 1.165) is 5.69 Å². The van der Waals surface area contributed by atoms with Crippen LogP contribution in [-0.2, 0) is 23.0 Å². The van der Waals surface area contributed by atoms with Gasteiger partial charge in [0.2, 0.25) is 10.0 Å². The van der Waals surface area contributed by atoms with Gasteiger partial charge in [-0.15, -0.1) is 11.3 Å². The lowest BCUT2D eigenvalue weighted by molar-refractivity contribution is 0.561. The molecule has 2 aromatic rings. The molecule has 0 saturated heterocycles. The van der Waals surface area contributed by atoms with Crippen molar-refractivity contribution in [1.82, 2.24) is 15.0 Å².